The van der Waals surface area contributed by atoms with Crippen LogP contribution in [0.25, 0.3) is 0 Å². The molecule has 0 heterocycles. The van der Waals surface area contributed by atoms with Crippen LogP contribution in [0.3, 0.4) is 0 Å². The predicted octanol–water partition coefficient (Wildman–Crippen LogP) is 4.15. The van der Waals surface area contributed by atoms with Crippen LogP contribution in [0.5, 0.6) is 0 Å². The molecule has 0 aliphatic carbocycles. The Morgan fingerprint density at radius 1 is 1.36 bits per heavy atom. The van der Waals surface area contributed by atoms with Gasteiger partial charge in [-0.3, -0.25) is 4.99 Å². The molecule has 0 amide bonds. The van der Waals surface area contributed by atoms with Crippen molar-refractivity contribution in [3.05, 3.63) is 34.4 Å². The molecule has 0 fully saturated rings. The second-order valence-electron chi connectivity index (χ2n) is 2.91. The van der Waals surface area contributed by atoms with E-state index >= 15 is 0 Å². The van der Waals surface area contributed by atoms with Gasteiger partial charge in [-0.2, -0.15) is 0 Å². The van der Waals surface area contributed by atoms with Gasteiger partial charge in [0.25, 0.3) is 0 Å². The quantitative estimate of drug-likeness (QED) is 0.406. The fourth-order valence-corrected chi connectivity index (χ4v) is 1.28. The molecule has 0 N–H and O–H groups in total. The van der Waals surface area contributed by atoms with Gasteiger partial charge in [0.2, 0.25) is 0 Å². The third-order valence-corrected chi connectivity index (χ3v) is 1.75. The van der Waals surface area contributed by atoms with Crippen molar-refractivity contribution in [3.8, 4) is 0 Å². The Morgan fingerprint density at radius 3 is 2.36 bits per heavy atom. The van der Waals surface area contributed by atoms with Crippen molar-refractivity contribution >= 4 is 18.8 Å². The third kappa shape index (κ3) is 5.07. The van der Waals surface area contributed by atoms with Gasteiger partial charge in [-0.1, -0.05) is 19.1 Å². The van der Waals surface area contributed by atoms with Crippen LogP contribution in [0.4, 0.5) is 0 Å². The predicted molar refractivity (Wildman–Crippen MR) is 69.0 cm³/mol. The van der Waals surface area contributed by atoms with Crippen molar-refractivity contribution in [1.29, 1.82) is 0 Å². The van der Waals surface area contributed by atoms with Crippen molar-refractivity contribution in [1.82, 2.24) is 0 Å². The molecule has 0 rings (SSSR count). The Kier molecular flexibility index (Phi) is 7.21. The largest absolute Gasteiger partial charge is 0.261 e. The number of rotatable bonds is 4. The maximum atomic E-state index is 4.30. The number of hydrogen-bond acceptors (Lipinski definition) is 2. The molecule has 14 heavy (non-hydrogen) atoms. The number of hydrogen-bond donors (Lipinski definition) is 1. The summed E-state index contributed by atoms with van der Waals surface area (Å²) < 4.78 is 0. The monoisotopic (exact) mass is 209 g/mol. The Balaban J connectivity index is 5.01. The smallest absolute Gasteiger partial charge is 0.0652 e. The van der Waals surface area contributed by atoms with Crippen LogP contribution in [-0.4, -0.2) is 6.21 Å². The normalized spacial score (nSPS) is 15.4. The van der Waals surface area contributed by atoms with E-state index in [1.807, 2.05) is 32.9 Å². The SMILES string of the molecule is CC=NC(=C/C)/C(=C\CC)/C=C(\C)S. The van der Waals surface area contributed by atoms with Crippen molar-refractivity contribution in [2.45, 2.75) is 34.1 Å². The minimum absolute atomic E-state index is 0.996. The summed E-state index contributed by atoms with van der Waals surface area (Å²) >= 11 is 4.27. The first-order valence-electron chi connectivity index (χ1n) is 4.88. The van der Waals surface area contributed by atoms with Gasteiger partial charge in [0.15, 0.2) is 0 Å². The summed E-state index contributed by atoms with van der Waals surface area (Å²) in [5, 5.41) is 0. The van der Waals surface area contributed by atoms with E-state index in [9.17, 15) is 0 Å². The van der Waals surface area contributed by atoms with Crippen molar-refractivity contribution < 1.29 is 0 Å². The highest BCUT2D eigenvalue weighted by Gasteiger charge is 1.98. The third-order valence-electron chi connectivity index (χ3n) is 1.63. The lowest BCUT2D eigenvalue weighted by atomic mass is 10.1. The van der Waals surface area contributed by atoms with Crippen molar-refractivity contribution in [2.24, 2.45) is 4.99 Å². The molecule has 0 spiro atoms. The molecule has 0 atom stereocenters. The Bertz CT molecular complexity index is 279. The highest BCUT2D eigenvalue weighted by atomic mass is 32.1. The van der Waals surface area contributed by atoms with Crippen molar-refractivity contribution in [3.63, 3.8) is 0 Å². The van der Waals surface area contributed by atoms with Crippen LogP contribution in [-0.2, 0) is 0 Å². The van der Waals surface area contributed by atoms with Crippen LogP contribution in [0.1, 0.15) is 34.1 Å². The summed E-state index contributed by atoms with van der Waals surface area (Å²) in [6.07, 6.45) is 9.01. The highest BCUT2D eigenvalue weighted by Crippen LogP contribution is 2.16. The summed E-state index contributed by atoms with van der Waals surface area (Å²) in [6.45, 7) is 8.00. The summed E-state index contributed by atoms with van der Waals surface area (Å²) in [4.78, 5) is 5.30. The second-order valence-corrected chi connectivity index (χ2v) is 3.62. The number of aliphatic imine (C=N–C) groups is 1. The highest BCUT2D eigenvalue weighted by molar-refractivity contribution is 7.84. The van der Waals surface area contributed by atoms with Crippen LogP contribution < -0.4 is 0 Å². The first-order chi connectivity index (χ1) is 6.65. The minimum atomic E-state index is 0.996. The van der Waals surface area contributed by atoms with Gasteiger partial charge >= 0.3 is 0 Å². The van der Waals surface area contributed by atoms with E-state index in [2.05, 4.69) is 30.6 Å². The lowest BCUT2D eigenvalue weighted by molar-refractivity contribution is 1.18. The number of allylic oxidation sites excluding steroid dienone is 4. The molecule has 0 radical (unpaired) electrons. The van der Waals surface area contributed by atoms with Gasteiger partial charge in [-0.25, -0.2) is 0 Å². The minimum Gasteiger partial charge on any atom is -0.261 e. The van der Waals surface area contributed by atoms with Gasteiger partial charge in [-0.05, 0) is 43.7 Å². The zero-order valence-electron chi connectivity index (χ0n) is 9.41. The number of thiol groups is 1. The molecule has 78 valence electrons. The molecule has 0 aliphatic rings. The van der Waals surface area contributed by atoms with Gasteiger partial charge < -0.3 is 0 Å². The standard InChI is InChI=1S/C12H19NS/c1-5-8-11(9-10(4)14)12(6-2)13-7-3/h6-9,14H,5H2,1-4H3/b10-9+,11-8-,12-6+,13-7?. The summed E-state index contributed by atoms with van der Waals surface area (Å²) in [5.74, 6) is 0. The van der Waals surface area contributed by atoms with Crippen LogP contribution in [0.2, 0.25) is 0 Å². The topological polar surface area (TPSA) is 12.4 Å². The van der Waals surface area contributed by atoms with Crippen LogP contribution in [0, 0.1) is 0 Å². The van der Waals surface area contributed by atoms with E-state index in [0.29, 0.717) is 0 Å². The Labute approximate surface area is 92.7 Å². The molecule has 0 aromatic heterocycles. The van der Waals surface area contributed by atoms with Gasteiger partial charge in [0, 0.05) is 6.21 Å². The van der Waals surface area contributed by atoms with E-state index in [1.54, 1.807) is 6.21 Å². The maximum absolute atomic E-state index is 4.30. The molecule has 0 aromatic carbocycles. The molecule has 0 saturated heterocycles. The maximum Gasteiger partial charge on any atom is 0.0652 e. The van der Waals surface area contributed by atoms with Crippen molar-refractivity contribution in [2.75, 3.05) is 0 Å². The molecular weight excluding hydrogens is 190 g/mol. The van der Waals surface area contributed by atoms with Crippen LogP contribution in [0.15, 0.2) is 39.4 Å². The van der Waals surface area contributed by atoms with Gasteiger partial charge in [0.05, 0.1) is 5.70 Å². The summed E-state index contributed by atoms with van der Waals surface area (Å²) in [6, 6.07) is 0. The average Bonchev–Trinajstić information content (AvgIpc) is 2.13. The van der Waals surface area contributed by atoms with E-state index in [0.717, 1.165) is 22.6 Å². The molecule has 0 aliphatic heterocycles. The first kappa shape index (κ1) is 13.2. The average molecular weight is 209 g/mol. The zero-order valence-corrected chi connectivity index (χ0v) is 10.3. The lowest BCUT2D eigenvalue weighted by Crippen LogP contribution is -1.84. The molecule has 0 aromatic rings. The molecule has 2 heteroatoms. The number of nitrogens with zero attached hydrogens (tertiary/aromatic N) is 1. The molecule has 0 saturated carbocycles. The van der Waals surface area contributed by atoms with E-state index in [1.165, 1.54) is 0 Å². The summed E-state index contributed by atoms with van der Waals surface area (Å²) in [5.41, 5.74) is 2.14. The first-order valence-corrected chi connectivity index (χ1v) is 5.33. The zero-order chi connectivity index (χ0) is 11.0. The summed E-state index contributed by atoms with van der Waals surface area (Å²) in [7, 11) is 0. The molecule has 0 bridgehead atoms. The molecular formula is C12H19NS. The lowest BCUT2D eigenvalue weighted by Gasteiger charge is -2.03. The molecule has 0 unspecified atom stereocenters. The van der Waals surface area contributed by atoms with E-state index in [4.69, 9.17) is 0 Å². The Hall–Kier alpha value is -0.760. The van der Waals surface area contributed by atoms with Gasteiger partial charge in [0.1, 0.15) is 0 Å². The molecule has 1 nitrogen and oxygen atoms in total. The second kappa shape index (κ2) is 7.63. The Morgan fingerprint density at radius 2 is 2.00 bits per heavy atom. The fraction of sp³-hybridized carbons (Fsp3) is 0.417. The van der Waals surface area contributed by atoms with E-state index < -0.39 is 0 Å². The van der Waals surface area contributed by atoms with E-state index in [-0.39, 0.29) is 0 Å². The van der Waals surface area contributed by atoms with Gasteiger partial charge in [-0.15, -0.1) is 12.6 Å². The fourth-order valence-electron chi connectivity index (χ4n) is 1.14. The van der Waals surface area contributed by atoms with Crippen LogP contribution >= 0.6 is 12.6 Å².